The number of ether oxygens (including phenoxy) is 2. The maximum atomic E-state index is 10.6. The smallest absolute Gasteiger partial charge is 0.305 e. The van der Waals surface area contributed by atoms with Gasteiger partial charge in [0.1, 0.15) is 13.2 Å². The predicted octanol–water partition coefficient (Wildman–Crippen LogP) is 1.70. The summed E-state index contributed by atoms with van der Waals surface area (Å²) >= 11 is 0. The summed E-state index contributed by atoms with van der Waals surface area (Å²) in [5.74, 6) is -0.551. The van der Waals surface area contributed by atoms with Crippen molar-refractivity contribution in [2.24, 2.45) is 0 Å². The summed E-state index contributed by atoms with van der Waals surface area (Å²) in [5.41, 5.74) is 0. The molecule has 82 valence electrons. The summed E-state index contributed by atoms with van der Waals surface area (Å²) in [6.45, 7) is 9.72. The summed E-state index contributed by atoms with van der Waals surface area (Å²) in [6, 6.07) is 0. The van der Waals surface area contributed by atoms with E-state index in [1.807, 2.05) is 0 Å². The highest BCUT2D eigenvalue weighted by Gasteiger charge is 2.00. The van der Waals surface area contributed by atoms with Crippen LogP contribution in [0.4, 0.5) is 0 Å². The van der Waals surface area contributed by atoms with Crippen molar-refractivity contribution in [1.82, 2.24) is 0 Å². The molecule has 0 saturated heterocycles. The Balaban J connectivity index is 0. The van der Waals surface area contributed by atoms with E-state index in [9.17, 15) is 9.59 Å². The van der Waals surface area contributed by atoms with Crippen LogP contribution < -0.4 is 0 Å². The lowest BCUT2D eigenvalue weighted by molar-refractivity contribution is -0.151. The SMILES string of the molecule is C=C.CCC(=O)OCCOC(=O)CC. The minimum absolute atomic E-state index is 0.151. The number of rotatable bonds is 5. The summed E-state index contributed by atoms with van der Waals surface area (Å²) in [7, 11) is 0. The highest BCUT2D eigenvalue weighted by Crippen LogP contribution is 1.87. The zero-order valence-corrected chi connectivity index (χ0v) is 8.88. The van der Waals surface area contributed by atoms with Crippen LogP contribution in [0.2, 0.25) is 0 Å². The molecule has 0 heterocycles. The predicted molar refractivity (Wildman–Crippen MR) is 53.8 cm³/mol. The lowest BCUT2D eigenvalue weighted by Crippen LogP contribution is -2.12. The molecule has 0 saturated carbocycles. The molecule has 4 nitrogen and oxygen atoms in total. The van der Waals surface area contributed by atoms with Gasteiger partial charge < -0.3 is 9.47 Å². The molecule has 0 atom stereocenters. The van der Waals surface area contributed by atoms with E-state index in [0.29, 0.717) is 12.8 Å². The van der Waals surface area contributed by atoms with Gasteiger partial charge >= 0.3 is 11.9 Å². The van der Waals surface area contributed by atoms with Gasteiger partial charge in [-0.3, -0.25) is 9.59 Å². The normalized spacial score (nSPS) is 8.14. The Kier molecular flexibility index (Phi) is 12.7. The summed E-state index contributed by atoms with van der Waals surface area (Å²) in [4.78, 5) is 21.1. The minimum Gasteiger partial charge on any atom is -0.462 e. The third-order valence-electron chi connectivity index (χ3n) is 1.19. The molecule has 4 heteroatoms. The van der Waals surface area contributed by atoms with Crippen molar-refractivity contribution in [3.63, 3.8) is 0 Å². The van der Waals surface area contributed by atoms with Crippen LogP contribution in [0.15, 0.2) is 13.2 Å². The van der Waals surface area contributed by atoms with Gasteiger partial charge in [-0.05, 0) is 0 Å². The van der Waals surface area contributed by atoms with Gasteiger partial charge in [-0.2, -0.15) is 0 Å². The van der Waals surface area contributed by atoms with Crippen LogP contribution in [0.5, 0.6) is 0 Å². The van der Waals surface area contributed by atoms with E-state index in [-0.39, 0.29) is 25.2 Å². The van der Waals surface area contributed by atoms with Gasteiger partial charge in [-0.1, -0.05) is 13.8 Å². The largest absolute Gasteiger partial charge is 0.462 e. The van der Waals surface area contributed by atoms with Crippen molar-refractivity contribution in [3.05, 3.63) is 13.2 Å². The number of hydrogen-bond acceptors (Lipinski definition) is 4. The third kappa shape index (κ3) is 10.7. The van der Waals surface area contributed by atoms with E-state index in [1.54, 1.807) is 13.8 Å². The molecule has 0 aliphatic rings. The molecule has 0 aliphatic heterocycles. The average Bonchev–Trinajstić information content (AvgIpc) is 2.26. The Bertz CT molecular complexity index is 148. The van der Waals surface area contributed by atoms with Gasteiger partial charge in [0.25, 0.3) is 0 Å². The first kappa shape index (κ1) is 15.2. The first-order valence-corrected chi connectivity index (χ1v) is 4.52. The van der Waals surface area contributed by atoms with E-state index in [0.717, 1.165) is 0 Å². The van der Waals surface area contributed by atoms with Crippen molar-refractivity contribution >= 4 is 11.9 Å². The first-order chi connectivity index (χ1) is 6.70. The number of carbonyl (C=O) groups excluding carboxylic acids is 2. The van der Waals surface area contributed by atoms with Crippen LogP contribution in [-0.2, 0) is 19.1 Å². The lowest BCUT2D eigenvalue weighted by atomic mass is 10.5. The van der Waals surface area contributed by atoms with E-state index >= 15 is 0 Å². The van der Waals surface area contributed by atoms with Gasteiger partial charge in [0, 0.05) is 12.8 Å². The summed E-state index contributed by atoms with van der Waals surface area (Å²) < 4.78 is 9.34. The topological polar surface area (TPSA) is 52.6 Å². The molecule has 0 aromatic rings. The maximum absolute atomic E-state index is 10.6. The van der Waals surface area contributed by atoms with Crippen LogP contribution >= 0.6 is 0 Å². The molecular formula is C10H18O4. The fourth-order valence-electron chi connectivity index (χ4n) is 0.515. The second kappa shape index (κ2) is 11.7. The first-order valence-electron chi connectivity index (χ1n) is 4.52. The Morgan fingerprint density at radius 1 is 0.929 bits per heavy atom. The van der Waals surface area contributed by atoms with Crippen LogP contribution in [0.25, 0.3) is 0 Å². The molecule has 0 rings (SSSR count). The molecule has 0 aromatic heterocycles. The molecule has 0 amide bonds. The van der Waals surface area contributed by atoms with Crippen molar-refractivity contribution < 1.29 is 19.1 Å². The maximum Gasteiger partial charge on any atom is 0.305 e. The molecule has 0 spiro atoms. The van der Waals surface area contributed by atoms with E-state index in [1.165, 1.54) is 0 Å². The van der Waals surface area contributed by atoms with Crippen molar-refractivity contribution in [3.8, 4) is 0 Å². The second-order valence-corrected chi connectivity index (χ2v) is 2.15. The Labute approximate surface area is 84.9 Å². The molecular weight excluding hydrogens is 184 g/mol. The van der Waals surface area contributed by atoms with Crippen LogP contribution in [0.3, 0.4) is 0 Å². The second-order valence-electron chi connectivity index (χ2n) is 2.15. The quantitative estimate of drug-likeness (QED) is 0.387. The highest BCUT2D eigenvalue weighted by molar-refractivity contribution is 5.69. The number of esters is 2. The van der Waals surface area contributed by atoms with Crippen molar-refractivity contribution in [1.29, 1.82) is 0 Å². The molecule has 14 heavy (non-hydrogen) atoms. The van der Waals surface area contributed by atoms with Gasteiger partial charge in [0.15, 0.2) is 0 Å². The van der Waals surface area contributed by atoms with Crippen molar-refractivity contribution in [2.75, 3.05) is 13.2 Å². The van der Waals surface area contributed by atoms with Crippen LogP contribution in [0, 0.1) is 0 Å². The molecule has 0 aliphatic carbocycles. The Morgan fingerprint density at radius 3 is 1.43 bits per heavy atom. The zero-order chi connectivity index (χ0) is 11.4. The monoisotopic (exact) mass is 202 g/mol. The van der Waals surface area contributed by atoms with Gasteiger partial charge in [-0.25, -0.2) is 0 Å². The van der Waals surface area contributed by atoms with Gasteiger partial charge in [0.2, 0.25) is 0 Å². The van der Waals surface area contributed by atoms with E-state index in [2.05, 4.69) is 22.6 Å². The van der Waals surface area contributed by atoms with Gasteiger partial charge in [-0.15, -0.1) is 13.2 Å². The molecule has 0 radical (unpaired) electrons. The summed E-state index contributed by atoms with van der Waals surface area (Å²) in [5, 5.41) is 0. The van der Waals surface area contributed by atoms with Crippen molar-refractivity contribution in [2.45, 2.75) is 26.7 Å². The third-order valence-corrected chi connectivity index (χ3v) is 1.19. The van der Waals surface area contributed by atoms with E-state index in [4.69, 9.17) is 0 Å². The van der Waals surface area contributed by atoms with Crippen LogP contribution in [-0.4, -0.2) is 25.2 Å². The fraction of sp³-hybridized carbons (Fsp3) is 0.600. The molecule has 0 aromatic carbocycles. The highest BCUT2D eigenvalue weighted by atomic mass is 16.6. The zero-order valence-electron chi connectivity index (χ0n) is 8.88. The van der Waals surface area contributed by atoms with Crippen LogP contribution in [0.1, 0.15) is 26.7 Å². The van der Waals surface area contributed by atoms with E-state index < -0.39 is 0 Å². The standard InChI is InChI=1S/C8H14O4.C2H4/c1-3-7(9)11-5-6-12-8(10)4-2;1-2/h3-6H2,1-2H3;1-2H2. The average molecular weight is 202 g/mol. The summed E-state index contributed by atoms with van der Waals surface area (Å²) in [6.07, 6.45) is 0.698. The molecule has 0 unspecified atom stereocenters. The Hall–Kier alpha value is -1.32. The number of hydrogen-bond donors (Lipinski definition) is 0. The number of carbonyl (C=O) groups is 2. The lowest BCUT2D eigenvalue weighted by Gasteiger charge is -2.03. The fourth-order valence-corrected chi connectivity index (χ4v) is 0.515. The molecule has 0 N–H and O–H groups in total. The van der Waals surface area contributed by atoms with Gasteiger partial charge in [0.05, 0.1) is 0 Å². The minimum atomic E-state index is -0.275. The molecule has 0 bridgehead atoms. The Morgan fingerprint density at radius 2 is 1.21 bits per heavy atom. The molecule has 0 fully saturated rings.